The second kappa shape index (κ2) is 3.62. The van der Waals surface area contributed by atoms with Crippen LogP contribution in [0, 0.1) is 17.8 Å². The molecule has 2 nitrogen and oxygen atoms in total. The Morgan fingerprint density at radius 1 is 1.12 bits per heavy atom. The summed E-state index contributed by atoms with van der Waals surface area (Å²) in [7, 11) is 0. The van der Waals surface area contributed by atoms with Gasteiger partial charge in [-0.05, 0) is 36.2 Å². The molecule has 0 spiro atoms. The fourth-order valence-corrected chi connectivity index (χ4v) is 3.78. The van der Waals surface area contributed by atoms with Crippen molar-refractivity contribution in [3.05, 3.63) is 35.9 Å². The Balaban J connectivity index is 1.88. The summed E-state index contributed by atoms with van der Waals surface area (Å²) in [4.78, 5) is 11.2. The van der Waals surface area contributed by atoms with E-state index in [9.17, 15) is 9.90 Å². The van der Waals surface area contributed by atoms with Gasteiger partial charge in [-0.15, -0.1) is 0 Å². The molecule has 4 atom stereocenters. The molecule has 16 heavy (non-hydrogen) atoms. The van der Waals surface area contributed by atoms with Crippen LogP contribution in [0.1, 0.15) is 30.7 Å². The molecule has 0 aliphatic heterocycles. The van der Waals surface area contributed by atoms with Crippen LogP contribution >= 0.6 is 0 Å². The van der Waals surface area contributed by atoms with Crippen LogP contribution in [0.5, 0.6) is 0 Å². The van der Waals surface area contributed by atoms with E-state index in [2.05, 4.69) is 24.3 Å². The number of hydrogen-bond acceptors (Lipinski definition) is 1. The molecular formula is C14H16O2. The molecule has 1 N–H and O–H groups in total. The number of carbonyl (C=O) groups is 1. The van der Waals surface area contributed by atoms with E-state index in [0.29, 0.717) is 17.8 Å². The average molecular weight is 216 g/mol. The van der Waals surface area contributed by atoms with Crippen LogP contribution in [0.15, 0.2) is 30.3 Å². The fraction of sp³-hybridized carbons (Fsp3) is 0.500. The summed E-state index contributed by atoms with van der Waals surface area (Å²) >= 11 is 0. The lowest BCUT2D eigenvalue weighted by atomic mass is 9.48. The Labute approximate surface area is 95.3 Å². The van der Waals surface area contributed by atoms with Crippen molar-refractivity contribution in [2.75, 3.05) is 0 Å². The van der Waals surface area contributed by atoms with Crippen LogP contribution in [0.3, 0.4) is 0 Å². The van der Waals surface area contributed by atoms with E-state index in [1.165, 1.54) is 12.0 Å². The number of fused-ring (bicyclic) bond motifs is 2. The summed E-state index contributed by atoms with van der Waals surface area (Å²) in [6, 6.07) is 10.4. The first-order valence-electron chi connectivity index (χ1n) is 6.07. The van der Waals surface area contributed by atoms with Gasteiger partial charge >= 0.3 is 5.97 Å². The van der Waals surface area contributed by atoms with Crippen molar-refractivity contribution in [1.29, 1.82) is 0 Å². The number of rotatable bonds is 2. The van der Waals surface area contributed by atoms with Crippen molar-refractivity contribution in [1.82, 2.24) is 0 Å². The first-order chi connectivity index (χ1) is 7.79. The van der Waals surface area contributed by atoms with Gasteiger partial charge in [0.25, 0.3) is 0 Å². The van der Waals surface area contributed by atoms with Crippen LogP contribution in [0.25, 0.3) is 0 Å². The van der Waals surface area contributed by atoms with Crippen molar-refractivity contribution in [2.45, 2.75) is 25.2 Å². The van der Waals surface area contributed by atoms with Gasteiger partial charge in [0.1, 0.15) is 0 Å². The zero-order valence-corrected chi connectivity index (χ0v) is 9.17. The number of benzene rings is 1. The molecule has 0 saturated heterocycles. The highest BCUT2D eigenvalue weighted by molar-refractivity contribution is 5.73. The zero-order chi connectivity index (χ0) is 11.1. The Hall–Kier alpha value is -1.31. The molecule has 0 heterocycles. The van der Waals surface area contributed by atoms with E-state index in [1.54, 1.807) is 0 Å². The molecule has 2 heteroatoms. The maximum atomic E-state index is 11.2. The maximum Gasteiger partial charge on any atom is 0.307 e. The minimum atomic E-state index is -0.582. The summed E-state index contributed by atoms with van der Waals surface area (Å²) < 4.78 is 0. The molecule has 2 fully saturated rings. The highest BCUT2D eigenvalue weighted by Gasteiger charge is 2.55. The standard InChI is InChI=1S/C14H16O2/c15-14(16)13-10-7-4-8-11(13)12(10)9-5-2-1-3-6-9/h1-3,5-6,10-13H,4,7-8H2,(H,15,16)/t10-,11+,12?,13?. The van der Waals surface area contributed by atoms with Gasteiger partial charge in [0.15, 0.2) is 0 Å². The monoisotopic (exact) mass is 216 g/mol. The quantitative estimate of drug-likeness (QED) is 0.825. The van der Waals surface area contributed by atoms with Crippen LogP contribution in [-0.2, 0) is 4.79 Å². The largest absolute Gasteiger partial charge is 0.481 e. The Morgan fingerprint density at radius 2 is 1.75 bits per heavy atom. The van der Waals surface area contributed by atoms with E-state index < -0.39 is 5.97 Å². The van der Waals surface area contributed by atoms with Gasteiger partial charge < -0.3 is 5.11 Å². The van der Waals surface area contributed by atoms with Gasteiger partial charge in [0.05, 0.1) is 5.92 Å². The maximum absolute atomic E-state index is 11.2. The molecule has 0 radical (unpaired) electrons. The molecule has 2 bridgehead atoms. The fourth-order valence-electron chi connectivity index (χ4n) is 3.78. The van der Waals surface area contributed by atoms with Gasteiger partial charge in [0.2, 0.25) is 0 Å². The van der Waals surface area contributed by atoms with Crippen molar-refractivity contribution in [3.8, 4) is 0 Å². The predicted octanol–water partition coefficient (Wildman–Crippen LogP) is 2.90. The summed E-state index contributed by atoms with van der Waals surface area (Å²) in [5.74, 6) is 0.634. The minimum absolute atomic E-state index is 0.0704. The molecule has 3 rings (SSSR count). The lowest BCUT2D eigenvalue weighted by molar-refractivity contribution is -0.159. The lowest BCUT2D eigenvalue weighted by Gasteiger charge is -2.54. The van der Waals surface area contributed by atoms with Gasteiger partial charge in [-0.1, -0.05) is 36.8 Å². The normalized spacial score (nSPS) is 36.5. The predicted molar refractivity (Wildman–Crippen MR) is 61.1 cm³/mol. The van der Waals surface area contributed by atoms with Gasteiger partial charge in [-0.2, -0.15) is 0 Å². The van der Waals surface area contributed by atoms with Crippen molar-refractivity contribution in [3.63, 3.8) is 0 Å². The van der Waals surface area contributed by atoms with Crippen molar-refractivity contribution < 1.29 is 9.90 Å². The van der Waals surface area contributed by atoms with Gasteiger partial charge in [-0.25, -0.2) is 0 Å². The van der Waals surface area contributed by atoms with Crippen molar-refractivity contribution in [2.24, 2.45) is 17.8 Å². The zero-order valence-electron chi connectivity index (χ0n) is 9.17. The minimum Gasteiger partial charge on any atom is -0.481 e. The molecule has 1 aromatic carbocycles. The van der Waals surface area contributed by atoms with E-state index in [0.717, 1.165) is 12.8 Å². The smallest absolute Gasteiger partial charge is 0.307 e. The third-order valence-corrected chi connectivity index (χ3v) is 4.39. The third kappa shape index (κ3) is 1.29. The highest BCUT2D eigenvalue weighted by Crippen LogP contribution is 2.59. The molecular weight excluding hydrogens is 200 g/mol. The summed E-state index contributed by atoms with van der Waals surface area (Å²) in [5, 5.41) is 9.20. The number of carboxylic acid groups (broad SMARTS) is 1. The van der Waals surface area contributed by atoms with Crippen LogP contribution < -0.4 is 0 Å². The van der Waals surface area contributed by atoms with E-state index in [4.69, 9.17) is 0 Å². The van der Waals surface area contributed by atoms with E-state index in [1.807, 2.05) is 6.07 Å². The van der Waals surface area contributed by atoms with Crippen LogP contribution in [-0.4, -0.2) is 11.1 Å². The molecule has 0 aromatic heterocycles. The van der Waals surface area contributed by atoms with Crippen LogP contribution in [0.2, 0.25) is 0 Å². The molecule has 1 aromatic rings. The number of hydrogen-bond donors (Lipinski definition) is 1. The summed E-state index contributed by atoms with van der Waals surface area (Å²) in [6.45, 7) is 0. The molecule has 2 aliphatic rings. The molecule has 84 valence electrons. The topological polar surface area (TPSA) is 37.3 Å². The van der Waals surface area contributed by atoms with E-state index >= 15 is 0 Å². The van der Waals surface area contributed by atoms with E-state index in [-0.39, 0.29) is 5.92 Å². The molecule has 2 aliphatic carbocycles. The Bertz CT molecular complexity index is 386. The highest BCUT2D eigenvalue weighted by atomic mass is 16.4. The Kier molecular flexibility index (Phi) is 2.23. The third-order valence-electron chi connectivity index (χ3n) is 4.39. The average Bonchev–Trinajstić information content (AvgIpc) is 2.30. The molecule has 2 saturated carbocycles. The SMILES string of the molecule is O=C(O)C1[C@H]2CCC[C@@H]1C2c1ccccc1. The van der Waals surface area contributed by atoms with Gasteiger partial charge in [-0.3, -0.25) is 4.79 Å². The first kappa shape index (κ1) is 9.88. The van der Waals surface area contributed by atoms with Crippen LogP contribution in [0.4, 0.5) is 0 Å². The number of aliphatic carboxylic acids is 1. The summed E-state index contributed by atoms with van der Waals surface area (Å²) in [5.41, 5.74) is 1.34. The van der Waals surface area contributed by atoms with Crippen molar-refractivity contribution >= 4 is 5.97 Å². The second-order valence-electron chi connectivity index (χ2n) is 5.06. The molecule has 2 unspecified atom stereocenters. The Morgan fingerprint density at radius 3 is 2.31 bits per heavy atom. The first-order valence-corrected chi connectivity index (χ1v) is 6.07. The lowest BCUT2D eigenvalue weighted by Crippen LogP contribution is -2.51. The molecule has 0 amide bonds. The number of carboxylic acids is 1. The summed E-state index contributed by atoms with van der Waals surface area (Å²) in [6.07, 6.45) is 3.39. The second-order valence-corrected chi connectivity index (χ2v) is 5.06. The van der Waals surface area contributed by atoms with Gasteiger partial charge in [0, 0.05) is 0 Å².